The maximum Gasteiger partial charge on any atom is 0.240 e. The number of nitrogens with zero attached hydrogens (tertiary/aromatic N) is 1. The Kier molecular flexibility index (Phi) is 35.3. The molecule has 5 saturated heterocycles. The van der Waals surface area contributed by atoms with Crippen LogP contribution in [0.2, 0.25) is 0 Å². The molecule has 0 radical (unpaired) electrons. The number of thioether (sulfide) groups is 2. The van der Waals surface area contributed by atoms with Gasteiger partial charge in [0.25, 0.3) is 0 Å². The summed E-state index contributed by atoms with van der Waals surface area (Å²) in [7, 11) is 2.91. The van der Waals surface area contributed by atoms with Gasteiger partial charge in [0.15, 0.2) is 0 Å². The summed E-state index contributed by atoms with van der Waals surface area (Å²) < 4.78 is 43.9. The molecule has 0 aromatic rings. The van der Waals surface area contributed by atoms with E-state index in [9.17, 15) is 48.0 Å². The van der Waals surface area contributed by atoms with Crippen molar-refractivity contribution in [3.05, 3.63) is 19.6 Å². The Labute approximate surface area is 436 Å². The maximum atomic E-state index is 13.2. The first-order valence-electron chi connectivity index (χ1n) is 21.3. The zero-order valence-electron chi connectivity index (χ0n) is 39.3. The number of aliphatic hydroxyl groups is 7. The Balaban J connectivity index is 0.00000110. The van der Waals surface area contributed by atoms with Crippen molar-refractivity contribution in [2.45, 2.75) is 146 Å². The average Bonchev–Trinajstić information content (AvgIpc) is 3.62. The Morgan fingerprint density at radius 3 is 1.69 bits per heavy atom. The summed E-state index contributed by atoms with van der Waals surface area (Å²) in [4.78, 5) is 28.2. The maximum absolute atomic E-state index is 13.2. The second kappa shape index (κ2) is 35.0. The SMILES string of the molecule is CO.CSC1O[C@H]([C@H](NC(=O)[C@@H]2[C@@H]3OCCCC[C@H]3CN2C)[C@H](C)Cl)C(O)[C@@H](O)[C@H]1O.CSC1O[C@H]([C@H](NC(=O)[C@H]2NC[C@@H]3CC=CCO[C@H]32)[C@H](C)Cl)C(O)[C@@H](O)[C@H]1O.CSF.CSF.[CH3-].[Pd]. The van der Waals surface area contributed by atoms with Crippen molar-refractivity contribution >= 4 is 82.8 Å². The van der Waals surface area contributed by atoms with Crippen LogP contribution in [0.4, 0.5) is 7.77 Å². The van der Waals surface area contributed by atoms with Gasteiger partial charge in [-0.2, -0.15) is 7.77 Å². The van der Waals surface area contributed by atoms with Gasteiger partial charge in [-0.3, -0.25) is 14.5 Å². The van der Waals surface area contributed by atoms with Gasteiger partial charge in [0.1, 0.15) is 71.8 Å². The van der Waals surface area contributed by atoms with Gasteiger partial charge in [0.2, 0.25) is 11.8 Å². The monoisotopic (exact) mass is 1170 g/mol. The molecular formula is C41H75Cl2F2N4O13PdS4-. The van der Waals surface area contributed by atoms with Crippen molar-refractivity contribution in [2.24, 2.45) is 11.8 Å². The Hall–Kier alpha value is 0.662. The largest absolute Gasteiger partial charge is 0.400 e. The van der Waals surface area contributed by atoms with E-state index in [-0.39, 0.29) is 82.1 Å². The second-order valence-corrected chi connectivity index (χ2v) is 20.1. The van der Waals surface area contributed by atoms with Crippen LogP contribution in [0.1, 0.15) is 39.5 Å². The van der Waals surface area contributed by atoms with Crippen LogP contribution in [0.5, 0.6) is 0 Å². The molecule has 10 N–H and O–H groups in total. The molecule has 0 saturated carbocycles. The first-order valence-corrected chi connectivity index (χ1v) is 27.0. The van der Waals surface area contributed by atoms with E-state index >= 15 is 0 Å². The third-order valence-electron chi connectivity index (χ3n) is 12.0. The first kappa shape index (κ1) is 67.7. The summed E-state index contributed by atoms with van der Waals surface area (Å²) in [6, 6.07) is -2.47. The number of rotatable bonds is 10. The predicted molar refractivity (Wildman–Crippen MR) is 261 cm³/mol. The van der Waals surface area contributed by atoms with Crippen LogP contribution >= 0.6 is 71.0 Å². The fourth-order valence-corrected chi connectivity index (χ4v) is 10.6. The number of likely N-dealkylation sites (tertiary alicyclic amines) is 1. The fraction of sp³-hybridized carbons (Fsp3) is 0.878. The Morgan fingerprint density at radius 2 is 1.22 bits per heavy atom. The molecule has 2 amide bonds. The third kappa shape index (κ3) is 18.8. The van der Waals surface area contributed by atoms with Gasteiger partial charge in [-0.25, -0.2) is 0 Å². The van der Waals surface area contributed by atoms with Gasteiger partial charge < -0.3 is 78.1 Å². The quantitative estimate of drug-likeness (QED) is 0.0644. The van der Waals surface area contributed by atoms with Crippen molar-refractivity contribution < 1.29 is 92.5 Å². The summed E-state index contributed by atoms with van der Waals surface area (Å²) in [6.07, 6.45) is 3.94. The fourth-order valence-electron chi connectivity index (χ4n) is 8.79. The van der Waals surface area contributed by atoms with Crippen LogP contribution in [-0.2, 0) is 49.0 Å². The van der Waals surface area contributed by atoms with E-state index in [4.69, 9.17) is 47.3 Å². The molecule has 0 aliphatic carbocycles. The van der Waals surface area contributed by atoms with Crippen LogP contribution in [0, 0.1) is 19.3 Å². The topological polar surface area (TPSA) is 252 Å². The molecule has 0 bridgehead atoms. The second-order valence-electron chi connectivity index (χ2n) is 16.2. The molecule has 6 heterocycles. The zero-order valence-corrected chi connectivity index (χ0v) is 45.7. The Morgan fingerprint density at radius 1 is 0.746 bits per heavy atom. The first-order chi connectivity index (χ1) is 30.9. The van der Waals surface area contributed by atoms with Gasteiger partial charge in [0.05, 0.1) is 41.7 Å². The number of likely N-dealkylation sites (N-methyl/N-ethyl adjacent to an activating group) is 1. The number of hydrogen-bond donors (Lipinski definition) is 10. The van der Waals surface area contributed by atoms with Crippen molar-refractivity contribution in [1.29, 1.82) is 0 Å². The minimum absolute atomic E-state index is 0. The van der Waals surface area contributed by atoms with Crippen molar-refractivity contribution in [3.8, 4) is 0 Å². The number of nitrogens with one attached hydrogen (secondary N) is 3. The summed E-state index contributed by atoms with van der Waals surface area (Å²) in [5, 5.41) is 76.4. The van der Waals surface area contributed by atoms with E-state index in [1.807, 2.05) is 18.0 Å². The molecule has 0 aromatic carbocycles. The number of allylic oxidation sites excluding steroid dienone is 1. The van der Waals surface area contributed by atoms with Crippen LogP contribution in [0.3, 0.4) is 0 Å². The molecule has 5 fully saturated rings. The van der Waals surface area contributed by atoms with E-state index in [2.05, 4.69) is 22.0 Å². The van der Waals surface area contributed by atoms with Crippen molar-refractivity contribution in [1.82, 2.24) is 20.9 Å². The van der Waals surface area contributed by atoms with Gasteiger partial charge >= 0.3 is 0 Å². The van der Waals surface area contributed by atoms with Gasteiger partial charge in [-0.1, -0.05) is 18.6 Å². The molecule has 4 unspecified atom stereocenters. The van der Waals surface area contributed by atoms with Crippen LogP contribution in [0.25, 0.3) is 0 Å². The Bertz CT molecular complexity index is 1410. The molecule has 20 atom stereocenters. The van der Waals surface area contributed by atoms with Crippen LogP contribution < -0.4 is 16.0 Å². The summed E-state index contributed by atoms with van der Waals surface area (Å²) in [5.41, 5.74) is -1.46. The van der Waals surface area contributed by atoms with Gasteiger partial charge in [-0.05, 0) is 58.6 Å². The molecule has 0 aromatic heterocycles. The molecule has 17 nitrogen and oxygen atoms in total. The van der Waals surface area contributed by atoms with E-state index in [1.54, 1.807) is 26.4 Å². The number of hydrogen-bond acceptors (Lipinski definition) is 19. The summed E-state index contributed by atoms with van der Waals surface area (Å²) in [5.74, 6) is 0.0238. The standard InChI is InChI=1S/C19H33ClN2O6S.C18H29ClN2O6S.2CH3FS.CH4O.CH3.Pd/c1-9(20)11(17-14(24)13(23)15(25)19(28-17)29-3)21-18(26)12-16-10(8-22(12)2)6-4-5-7-27-16;1-8(19)10(16-13(23)12(22)14(24)18(27-16)28-2)21-17(25)11-15-9(7-20-11)5-3-4-6-26-15;2*1-3-2;1-2;;/h9-17,19,23-25H,4-8H2,1-3H3,(H,21,26);3-4,8-16,18,20,22-24H,5-7H2,1-2H3,(H,21,25);2*1H3;2H,1H3;1H3;/q;;;;;-1;/t9-,10-,11+,12-,13+,14?,15+,16+,17+,19?;8-,9-,10+,11-,12+,13?,14+,15+,16+,18?;;;;;/m00...../s1. The molecule has 6 aliphatic rings. The smallest absolute Gasteiger partial charge is 0.240 e. The van der Waals surface area contributed by atoms with E-state index in [0.29, 0.717) is 25.7 Å². The number of carbonyl (C=O) groups is 2. The number of ether oxygens (including phenoxy) is 4. The molecule has 400 valence electrons. The molecule has 6 aliphatic heterocycles. The van der Waals surface area contributed by atoms with Crippen LogP contribution in [-0.4, -0.2) is 225 Å². The normalized spacial score (nSPS) is 37.4. The molecule has 6 rings (SSSR count). The van der Waals surface area contributed by atoms with Crippen molar-refractivity contribution in [2.75, 3.05) is 65.5 Å². The predicted octanol–water partition coefficient (Wildman–Crippen LogP) is 1.49. The van der Waals surface area contributed by atoms with Crippen LogP contribution in [0.15, 0.2) is 12.2 Å². The number of amides is 2. The molecular weight excluding hydrogens is 1100 g/mol. The molecule has 0 spiro atoms. The number of halogens is 4. The average molecular weight is 1180 g/mol. The minimum Gasteiger partial charge on any atom is -0.400 e. The number of carbonyl (C=O) groups excluding carboxylic acids is 2. The summed E-state index contributed by atoms with van der Waals surface area (Å²) >= 11 is 15.6. The minimum atomic E-state index is -1.39. The van der Waals surface area contributed by atoms with E-state index < -0.39 is 94.6 Å². The zero-order chi connectivity index (χ0) is 49.1. The number of fused-ring (bicyclic) bond motifs is 2. The molecule has 67 heavy (non-hydrogen) atoms. The van der Waals surface area contributed by atoms with Gasteiger partial charge in [0, 0.05) is 90.0 Å². The van der Waals surface area contributed by atoms with Gasteiger partial charge in [-0.15, -0.1) is 46.7 Å². The summed E-state index contributed by atoms with van der Waals surface area (Å²) in [6.45, 7) is 5.98. The number of aliphatic hydroxyl groups excluding tert-OH is 7. The van der Waals surface area contributed by atoms with E-state index in [0.717, 1.165) is 39.3 Å². The van der Waals surface area contributed by atoms with Crippen molar-refractivity contribution in [3.63, 3.8) is 0 Å². The third-order valence-corrected chi connectivity index (χ3v) is 14.2. The molecule has 26 heteroatoms. The number of alkyl halides is 2. The van der Waals surface area contributed by atoms with E-state index in [1.165, 1.54) is 36.0 Å².